The molecule has 2 aromatic rings. The van der Waals surface area contributed by atoms with Crippen molar-refractivity contribution in [3.63, 3.8) is 0 Å². The molecular formula is C14H16N4O2. The Hall–Kier alpha value is -2.47. The first kappa shape index (κ1) is 14.0. The summed E-state index contributed by atoms with van der Waals surface area (Å²) >= 11 is 0. The number of rotatable bonds is 5. The standard InChI is InChI=1S/C14H16N4O2/c1-9-8-17-14(18-13(9)16-6-7-19)11-4-2-10(3-5-11)12(15)20/h2-5,8,19H,6-7H2,1H3,(H2,15,20)(H,16,17,18). The molecule has 1 aromatic carbocycles. The average Bonchev–Trinajstić information content (AvgIpc) is 2.46. The lowest BCUT2D eigenvalue weighted by Gasteiger charge is -2.09. The maximum Gasteiger partial charge on any atom is 0.248 e. The number of benzene rings is 1. The van der Waals surface area contributed by atoms with Gasteiger partial charge in [0.1, 0.15) is 5.82 Å². The molecule has 104 valence electrons. The summed E-state index contributed by atoms with van der Waals surface area (Å²) in [5, 5.41) is 11.9. The van der Waals surface area contributed by atoms with Crippen LogP contribution in [0.5, 0.6) is 0 Å². The van der Waals surface area contributed by atoms with Gasteiger partial charge in [-0.15, -0.1) is 0 Å². The summed E-state index contributed by atoms with van der Waals surface area (Å²) in [4.78, 5) is 19.7. The van der Waals surface area contributed by atoms with Crippen molar-refractivity contribution in [2.75, 3.05) is 18.5 Å². The third-order valence-electron chi connectivity index (χ3n) is 2.80. The predicted octanol–water partition coefficient (Wildman–Crippen LogP) is 0.955. The number of primary amides is 1. The normalized spacial score (nSPS) is 10.3. The SMILES string of the molecule is Cc1cnc(-c2ccc(C(N)=O)cc2)nc1NCCO. The van der Waals surface area contributed by atoms with Gasteiger partial charge in [0.05, 0.1) is 6.61 Å². The second-order valence-electron chi connectivity index (χ2n) is 4.32. The molecule has 6 nitrogen and oxygen atoms in total. The second kappa shape index (κ2) is 6.12. The monoisotopic (exact) mass is 272 g/mol. The largest absolute Gasteiger partial charge is 0.395 e. The molecule has 0 aliphatic rings. The summed E-state index contributed by atoms with van der Waals surface area (Å²) in [6.45, 7) is 2.35. The van der Waals surface area contributed by atoms with E-state index in [2.05, 4.69) is 15.3 Å². The summed E-state index contributed by atoms with van der Waals surface area (Å²) in [5.41, 5.74) is 7.33. The molecule has 1 amide bonds. The summed E-state index contributed by atoms with van der Waals surface area (Å²) in [5.74, 6) is 0.766. The molecule has 0 radical (unpaired) electrons. The van der Waals surface area contributed by atoms with Crippen molar-refractivity contribution < 1.29 is 9.90 Å². The number of hydrogen-bond donors (Lipinski definition) is 3. The molecule has 2 rings (SSSR count). The highest BCUT2D eigenvalue weighted by molar-refractivity contribution is 5.93. The number of hydrogen-bond acceptors (Lipinski definition) is 5. The summed E-state index contributed by atoms with van der Waals surface area (Å²) in [6, 6.07) is 6.78. The fraction of sp³-hybridized carbons (Fsp3) is 0.214. The van der Waals surface area contributed by atoms with Crippen molar-refractivity contribution in [1.29, 1.82) is 0 Å². The van der Waals surface area contributed by atoms with Crippen LogP contribution in [0.4, 0.5) is 5.82 Å². The number of nitrogens with zero attached hydrogens (tertiary/aromatic N) is 2. The topological polar surface area (TPSA) is 101 Å². The summed E-state index contributed by atoms with van der Waals surface area (Å²) in [6.07, 6.45) is 1.71. The van der Waals surface area contributed by atoms with Crippen molar-refractivity contribution in [2.45, 2.75) is 6.92 Å². The molecule has 1 heterocycles. The van der Waals surface area contributed by atoms with Crippen LogP contribution in [0.25, 0.3) is 11.4 Å². The van der Waals surface area contributed by atoms with E-state index >= 15 is 0 Å². The van der Waals surface area contributed by atoms with Crippen LogP contribution >= 0.6 is 0 Å². The number of amides is 1. The van der Waals surface area contributed by atoms with E-state index in [1.165, 1.54) is 0 Å². The zero-order chi connectivity index (χ0) is 14.5. The number of nitrogens with one attached hydrogen (secondary N) is 1. The molecule has 0 aliphatic carbocycles. The van der Waals surface area contributed by atoms with Gasteiger partial charge in [-0.3, -0.25) is 4.79 Å². The highest BCUT2D eigenvalue weighted by Gasteiger charge is 2.07. The lowest BCUT2D eigenvalue weighted by molar-refractivity contribution is 0.100. The van der Waals surface area contributed by atoms with E-state index in [-0.39, 0.29) is 6.61 Å². The van der Waals surface area contributed by atoms with Gasteiger partial charge in [0.15, 0.2) is 5.82 Å². The van der Waals surface area contributed by atoms with Crippen LogP contribution in [0.15, 0.2) is 30.5 Å². The highest BCUT2D eigenvalue weighted by atomic mass is 16.3. The Balaban J connectivity index is 2.30. The zero-order valence-corrected chi connectivity index (χ0v) is 11.1. The van der Waals surface area contributed by atoms with E-state index in [9.17, 15) is 4.79 Å². The molecule has 1 aromatic heterocycles. The van der Waals surface area contributed by atoms with E-state index in [0.29, 0.717) is 23.8 Å². The molecular weight excluding hydrogens is 256 g/mol. The Kier molecular flexibility index (Phi) is 4.27. The van der Waals surface area contributed by atoms with Gasteiger partial charge in [-0.1, -0.05) is 12.1 Å². The van der Waals surface area contributed by atoms with Gasteiger partial charge in [-0.25, -0.2) is 9.97 Å². The fourth-order valence-corrected chi connectivity index (χ4v) is 1.72. The molecule has 4 N–H and O–H groups in total. The van der Waals surface area contributed by atoms with Crippen LogP contribution in [0.2, 0.25) is 0 Å². The van der Waals surface area contributed by atoms with Crippen molar-refractivity contribution in [2.24, 2.45) is 5.73 Å². The number of aliphatic hydroxyl groups excluding tert-OH is 1. The quantitative estimate of drug-likeness (QED) is 0.752. The van der Waals surface area contributed by atoms with Crippen LogP contribution in [-0.2, 0) is 0 Å². The smallest absolute Gasteiger partial charge is 0.248 e. The maximum absolute atomic E-state index is 11.0. The van der Waals surface area contributed by atoms with Gasteiger partial charge < -0.3 is 16.2 Å². The number of aliphatic hydroxyl groups is 1. The second-order valence-corrected chi connectivity index (χ2v) is 4.32. The highest BCUT2D eigenvalue weighted by Crippen LogP contribution is 2.19. The maximum atomic E-state index is 11.0. The third-order valence-corrected chi connectivity index (χ3v) is 2.80. The molecule has 0 atom stereocenters. The number of aryl methyl sites for hydroxylation is 1. The Morgan fingerprint density at radius 2 is 2.05 bits per heavy atom. The van der Waals surface area contributed by atoms with Gasteiger partial charge >= 0.3 is 0 Å². The lowest BCUT2D eigenvalue weighted by atomic mass is 10.1. The molecule has 0 aliphatic heterocycles. The third kappa shape index (κ3) is 3.10. The van der Waals surface area contributed by atoms with Crippen LogP contribution in [0, 0.1) is 6.92 Å². The minimum atomic E-state index is -0.466. The number of carbonyl (C=O) groups excluding carboxylic acids is 1. The summed E-state index contributed by atoms with van der Waals surface area (Å²) < 4.78 is 0. The molecule has 20 heavy (non-hydrogen) atoms. The Morgan fingerprint density at radius 1 is 1.35 bits per heavy atom. The van der Waals surface area contributed by atoms with E-state index in [0.717, 1.165) is 11.1 Å². The predicted molar refractivity (Wildman–Crippen MR) is 76.3 cm³/mol. The first-order chi connectivity index (χ1) is 9.61. The molecule has 0 saturated carbocycles. The minimum Gasteiger partial charge on any atom is -0.395 e. The van der Waals surface area contributed by atoms with Gasteiger partial charge in [-0.2, -0.15) is 0 Å². The fourth-order valence-electron chi connectivity index (χ4n) is 1.72. The van der Waals surface area contributed by atoms with E-state index in [1.807, 2.05) is 6.92 Å². The average molecular weight is 272 g/mol. The van der Waals surface area contributed by atoms with Crippen molar-refractivity contribution in [1.82, 2.24) is 9.97 Å². The molecule has 6 heteroatoms. The van der Waals surface area contributed by atoms with Crippen LogP contribution in [0.1, 0.15) is 15.9 Å². The van der Waals surface area contributed by atoms with E-state index in [1.54, 1.807) is 30.5 Å². The van der Waals surface area contributed by atoms with Crippen molar-refractivity contribution >= 4 is 11.7 Å². The Morgan fingerprint density at radius 3 is 2.65 bits per heavy atom. The molecule has 0 bridgehead atoms. The summed E-state index contributed by atoms with van der Waals surface area (Å²) in [7, 11) is 0. The minimum absolute atomic E-state index is 0.0338. The van der Waals surface area contributed by atoms with Crippen molar-refractivity contribution in [3.8, 4) is 11.4 Å². The van der Waals surface area contributed by atoms with Crippen LogP contribution in [-0.4, -0.2) is 34.1 Å². The first-order valence-corrected chi connectivity index (χ1v) is 6.20. The number of aromatic nitrogens is 2. The molecule has 0 fully saturated rings. The van der Waals surface area contributed by atoms with Gasteiger partial charge in [-0.05, 0) is 19.1 Å². The van der Waals surface area contributed by atoms with Gasteiger partial charge in [0, 0.05) is 29.4 Å². The zero-order valence-electron chi connectivity index (χ0n) is 11.1. The Labute approximate surface area is 116 Å². The molecule has 0 unspecified atom stereocenters. The number of anilines is 1. The lowest BCUT2D eigenvalue weighted by Crippen LogP contribution is -2.10. The molecule has 0 saturated heterocycles. The van der Waals surface area contributed by atoms with Crippen molar-refractivity contribution in [3.05, 3.63) is 41.6 Å². The first-order valence-electron chi connectivity index (χ1n) is 6.20. The Bertz CT molecular complexity index is 611. The number of nitrogens with two attached hydrogens (primary N) is 1. The van der Waals surface area contributed by atoms with E-state index < -0.39 is 5.91 Å². The molecule has 0 spiro atoms. The van der Waals surface area contributed by atoms with Crippen LogP contribution in [0.3, 0.4) is 0 Å². The van der Waals surface area contributed by atoms with Gasteiger partial charge in [0.2, 0.25) is 5.91 Å². The number of carbonyl (C=O) groups is 1. The van der Waals surface area contributed by atoms with Crippen LogP contribution < -0.4 is 11.1 Å². The van der Waals surface area contributed by atoms with E-state index in [4.69, 9.17) is 10.8 Å². The van der Waals surface area contributed by atoms with Gasteiger partial charge in [0.25, 0.3) is 0 Å².